The molecule has 0 bridgehead atoms. The van der Waals surface area contributed by atoms with Crippen LogP contribution in [0.1, 0.15) is 26.2 Å². The van der Waals surface area contributed by atoms with Gasteiger partial charge in [0.1, 0.15) is 0 Å². The van der Waals surface area contributed by atoms with Crippen molar-refractivity contribution in [2.75, 3.05) is 12.3 Å². The molecule has 4 heteroatoms. The van der Waals surface area contributed by atoms with Crippen molar-refractivity contribution >= 4 is 17.7 Å². The predicted molar refractivity (Wildman–Crippen MR) is 59.5 cm³/mol. The molecule has 2 N–H and O–H groups in total. The maximum Gasteiger partial charge on any atom is 0.234 e. The highest BCUT2D eigenvalue weighted by atomic mass is 32.2. The van der Waals surface area contributed by atoms with E-state index in [1.54, 1.807) is 0 Å². The second-order valence-electron chi connectivity index (χ2n) is 4.19. The SMILES string of the molecule is CC1SCCC1NCC(=O)NC1CC1. The maximum absolute atomic E-state index is 11.4. The van der Waals surface area contributed by atoms with Gasteiger partial charge in [0.25, 0.3) is 0 Å². The second-order valence-corrected chi connectivity index (χ2v) is 5.68. The van der Waals surface area contributed by atoms with Gasteiger partial charge in [0.05, 0.1) is 6.54 Å². The van der Waals surface area contributed by atoms with Gasteiger partial charge in [0.2, 0.25) is 5.91 Å². The van der Waals surface area contributed by atoms with Crippen LogP contribution in [0.25, 0.3) is 0 Å². The summed E-state index contributed by atoms with van der Waals surface area (Å²) < 4.78 is 0. The smallest absolute Gasteiger partial charge is 0.234 e. The van der Waals surface area contributed by atoms with Crippen LogP contribution < -0.4 is 10.6 Å². The van der Waals surface area contributed by atoms with Crippen LogP contribution in [0, 0.1) is 0 Å². The minimum absolute atomic E-state index is 0.164. The Morgan fingerprint density at radius 2 is 2.21 bits per heavy atom. The third-order valence-electron chi connectivity index (χ3n) is 2.84. The molecule has 3 nitrogen and oxygen atoms in total. The Bertz CT molecular complexity index is 218. The van der Waals surface area contributed by atoms with E-state index in [1.807, 2.05) is 11.8 Å². The fraction of sp³-hybridized carbons (Fsp3) is 0.900. The highest BCUT2D eigenvalue weighted by molar-refractivity contribution is 8.00. The van der Waals surface area contributed by atoms with Crippen molar-refractivity contribution < 1.29 is 4.79 Å². The number of hydrogen-bond acceptors (Lipinski definition) is 3. The Balaban J connectivity index is 1.62. The van der Waals surface area contributed by atoms with Crippen molar-refractivity contribution in [2.24, 2.45) is 0 Å². The van der Waals surface area contributed by atoms with Crippen molar-refractivity contribution in [1.29, 1.82) is 0 Å². The van der Waals surface area contributed by atoms with Crippen molar-refractivity contribution in [3.8, 4) is 0 Å². The average molecular weight is 214 g/mol. The third kappa shape index (κ3) is 2.89. The zero-order valence-electron chi connectivity index (χ0n) is 8.58. The summed E-state index contributed by atoms with van der Waals surface area (Å²) in [5.74, 6) is 1.39. The van der Waals surface area contributed by atoms with E-state index in [-0.39, 0.29) is 5.91 Å². The number of rotatable bonds is 4. The monoisotopic (exact) mass is 214 g/mol. The van der Waals surface area contributed by atoms with Gasteiger partial charge in [-0.15, -0.1) is 0 Å². The van der Waals surface area contributed by atoms with Crippen LogP contribution in [0.2, 0.25) is 0 Å². The molecule has 2 rings (SSSR count). The summed E-state index contributed by atoms with van der Waals surface area (Å²) >= 11 is 1.99. The van der Waals surface area contributed by atoms with E-state index in [0.29, 0.717) is 23.9 Å². The molecule has 0 aromatic rings. The molecular formula is C10H18N2OS. The summed E-state index contributed by atoms with van der Waals surface area (Å²) in [6, 6.07) is 1.02. The van der Waals surface area contributed by atoms with Crippen LogP contribution in [-0.4, -0.2) is 35.5 Å². The lowest BCUT2D eigenvalue weighted by Crippen LogP contribution is -2.41. The van der Waals surface area contributed by atoms with E-state index in [2.05, 4.69) is 17.6 Å². The highest BCUT2D eigenvalue weighted by Crippen LogP contribution is 2.25. The lowest BCUT2D eigenvalue weighted by Gasteiger charge is -2.15. The minimum atomic E-state index is 0.164. The van der Waals surface area contributed by atoms with Crippen LogP contribution in [0.5, 0.6) is 0 Å². The molecule has 0 spiro atoms. The summed E-state index contributed by atoms with van der Waals surface area (Å²) in [6.07, 6.45) is 3.53. The fourth-order valence-electron chi connectivity index (χ4n) is 1.73. The summed E-state index contributed by atoms with van der Waals surface area (Å²) in [5, 5.41) is 6.97. The number of carbonyl (C=O) groups excluding carboxylic acids is 1. The van der Waals surface area contributed by atoms with Gasteiger partial charge < -0.3 is 10.6 Å². The Hall–Kier alpha value is -0.220. The van der Waals surface area contributed by atoms with Crippen LogP contribution in [-0.2, 0) is 4.79 Å². The number of nitrogens with one attached hydrogen (secondary N) is 2. The summed E-state index contributed by atoms with van der Waals surface area (Å²) in [7, 11) is 0. The van der Waals surface area contributed by atoms with Gasteiger partial charge in [-0.3, -0.25) is 4.79 Å². The normalized spacial score (nSPS) is 31.8. The van der Waals surface area contributed by atoms with Gasteiger partial charge in [0, 0.05) is 17.3 Å². The molecule has 1 saturated carbocycles. The Morgan fingerprint density at radius 1 is 1.43 bits per heavy atom. The summed E-state index contributed by atoms with van der Waals surface area (Å²) in [4.78, 5) is 11.4. The zero-order valence-corrected chi connectivity index (χ0v) is 9.40. The first-order valence-corrected chi connectivity index (χ1v) is 6.45. The van der Waals surface area contributed by atoms with Crippen LogP contribution in [0.4, 0.5) is 0 Å². The molecule has 2 fully saturated rings. The number of thioether (sulfide) groups is 1. The van der Waals surface area contributed by atoms with E-state index in [9.17, 15) is 4.79 Å². The molecule has 1 heterocycles. The second kappa shape index (κ2) is 4.53. The molecule has 14 heavy (non-hydrogen) atoms. The topological polar surface area (TPSA) is 41.1 Å². The maximum atomic E-state index is 11.4. The molecule has 0 aromatic heterocycles. The van der Waals surface area contributed by atoms with E-state index >= 15 is 0 Å². The van der Waals surface area contributed by atoms with Gasteiger partial charge >= 0.3 is 0 Å². The third-order valence-corrected chi connectivity index (χ3v) is 4.17. The van der Waals surface area contributed by atoms with Gasteiger partial charge in [0.15, 0.2) is 0 Å². The van der Waals surface area contributed by atoms with Crippen molar-refractivity contribution in [1.82, 2.24) is 10.6 Å². The molecule has 80 valence electrons. The van der Waals surface area contributed by atoms with Crippen LogP contribution in [0.15, 0.2) is 0 Å². The summed E-state index contributed by atoms with van der Waals surface area (Å²) in [5.41, 5.74) is 0. The van der Waals surface area contributed by atoms with Gasteiger partial charge in [-0.05, 0) is 25.0 Å². The van der Waals surface area contributed by atoms with E-state index in [1.165, 1.54) is 25.0 Å². The first kappa shape index (κ1) is 10.3. The van der Waals surface area contributed by atoms with Gasteiger partial charge in [-0.2, -0.15) is 11.8 Å². The average Bonchev–Trinajstić information content (AvgIpc) is 2.86. The quantitative estimate of drug-likeness (QED) is 0.725. The first-order chi connectivity index (χ1) is 6.75. The molecule has 2 aliphatic rings. The standard InChI is InChI=1S/C10H18N2OS/c1-7-9(4-5-14-7)11-6-10(13)12-8-2-3-8/h7-9,11H,2-6H2,1H3,(H,12,13). The number of amides is 1. The molecular weight excluding hydrogens is 196 g/mol. The molecule has 1 aliphatic heterocycles. The van der Waals surface area contributed by atoms with Crippen molar-refractivity contribution in [3.05, 3.63) is 0 Å². The molecule has 0 aromatic carbocycles. The molecule has 2 atom stereocenters. The largest absolute Gasteiger partial charge is 0.352 e. The Morgan fingerprint density at radius 3 is 2.79 bits per heavy atom. The molecule has 2 unspecified atom stereocenters. The van der Waals surface area contributed by atoms with Crippen molar-refractivity contribution in [2.45, 2.75) is 43.5 Å². The highest BCUT2D eigenvalue weighted by Gasteiger charge is 2.26. The van der Waals surface area contributed by atoms with E-state index < -0.39 is 0 Å². The molecule has 1 amide bonds. The predicted octanol–water partition coefficient (Wildman–Crippen LogP) is 0.749. The minimum Gasteiger partial charge on any atom is -0.352 e. The fourth-order valence-corrected chi connectivity index (χ4v) is 2.96. The molecule has 0 radical (unpaired) electrons. The van der Waals surface area contributed by atoms with Crippen LogP contribution >= 0.6 is 11.8 Å². The Kier molecular flexibility index (Phi) is 3.34. The number of hydrogen-bond donors (Lipinski definition) is 2. The van der Waals surface area contributed by atoms with E-state index in [4.69, 9.17) is 0 Å². The Labute approximate surface area is 89.4 Å². The lowest BCUT2D eigenvalue weighted by molar-refractivity contribution is -0.120. The number of carbonyl (C=O) groups is 1. The van der Waals surface area contributed by atoms with Gasteiger partial charge in [-0.1, -0.05) is 6.92 Å². The van der Waals surface area contributed by atoms with Gasteiger partial charge in [-0.25, -0.2) is 0 Å². The lowest BCUT2D eigenvalue weighted by atomic mass is 10.2. The zero-order chi connectivity index (χ0) is 9.97. The summed E-state index contributed by atoms with van der Waals surface area (Å²) in [6.45, 7) is 2.72. The van der Waals surface area contributed by atoms with E-state index in [0.717, 1.165) is 0 Å². The molecule has 1 saturated heterocycles. The first-order valence-electron chi connectivity index (χ1n) is 5.40. The molecule has 1 aliphatic carbocycles. The van der Waals surface area contributed by atoms with Crippen molar-refractivity contribution in [3.63, 3.8) is 0 Å². The van der Waals surface area contributed by atoms with Crippen LogP contribution in [0.3, 0.4) is 0 Å².